The third kappa shape index (κ3) is 2.76. The summed E-state index contributed by atoms with van der Waals surface area (Å²) in [4.78, 5) is 0. The monoisotopic (exact) mass is 289 g/mol. The molecular weight excluding hydrogens is 271 g/mol. The quantitative estimate of drug-likeness (QED) is 0.802. The molecule has 1 aliphatic rings. The van der Waals surface area contributed by atoms with E-state index >= 15 is 0 Å². The molecule has 3 atom stereocenters. The van der Waals surface area contributed by atoms with Crippen LogP contribution in [0.25, 0.3) is 0 Å². The topological polar surface area (TPSA) is 52.5 Å². The molecule has 0 bridgehead atoms. The van der Waals surface area contributed by atoms with Gasteiger partial charge in [0.25, 0.3) is 0 Å². The normalized spacial score (nSPS) is 23.7. The van der Waals surface area contributed by atoms with Crippen molar-refractivity contribution < 1.29 is 23.4 Å². The fourth-order valence-electron chi connectivity index (χ4n) is 2.90. The molecule has 20 heavy (non-hydrogen) atoms. The van der Waals surface area contributed by atoms with Crippen LogP contribution in [0.2, 0.25) is 0 Å². The Kier molecular flexibility index (Phi) is 3.97. The molecule has 0 saturated heterocycles. The predicted octanol–water partition coefficient (Wildman–Crippen LogP) is 2.76. The zero-order chi connectivity index (χ0) is 15.1. The lowest BCUT2D eigenvalue weighted by Gasteiger charge is -2.20. The minimum Gasteiger partial charge on any atom is -0.508 e. The Balaban J connectivity index is 2.17. The molecule has 1 aromatic carbocycles. The van der Waals surface area contributed by atoms with Gasteiger partial charge in [-0.15, -0.1) is 0 Å². The lowest BCUT2D eigenvalue weighted by Crippen LogP contribution is -2.39. The van der Waals surface area contributed by atoms with Crippen molar-refractivity contribution in [3.8, 4) is 5.75 Å². The molecule has 3 unspecified atom stereocenters. The first-order chi connectivity index (χ1) is 9.21. The molecule has 0 spiro atoms. The zero-order valence-corrected chi connectivity index (χ0v) is 11.3. The average molecular weight is 289 g/mol. The van der Waals surface area contributed by atoms with Gasteiger partial charge in [0.2, 0.25) is 0 Å². The second-order valence-corrected chi connectivity index (χ2v) is 5.38. The molecule has 6 heteroatoms. The van der Waals surface area contributed by atoms with E-state index in [-0.39, 0.29) is 17.7 Å². The molecule has 0 fully saturated rings. The Morgan fingerprint density at radius 2 is 2.00 bits per heavy atom. The van der Waals surface area contributed by atoms with Gasteiger partial charge < -0.3 is 15.5 Å². The van der Waals surface area contributed by atoms with Gasteiger partial charge in [0, 0.05) is 18.2 Å². The van der Waals surface area contributed by atoms with Gasteiger partial charge in [0.15, 0.2) is 6.10 Å². The van der Waals surface area contributed by atoms with Crippen molar-refractivity contribution >= 4 is 0 Å². The van der Waals surface area contributed by atoms with E-state index in [0.717, 1.165) is 11.1 Å². The largest absolute Gasteiger partial charge is 0.508 e. The number of aromatic hydroxyl groups is 1. The fourth-order valence-corrected chi connectivity index (χ4v) is 2.90. The number of aliphatic hydroxyl groups is 1. The lowest BCUT2D eigenvalue weighted by molar-refractivity contribution is -0.202. The number of aliphatic hydroxyl groups excluding tert-OH is 1. The average Bonchev–Trinajstić information content (AvgIpc) is 2.68. The van der Waals surface area contributed by atoms with E-state index < -0.39 is 18.8 Å². The molecule has 0 radical (unpaired) electrons. The minimum atomic E-state index is -4.63. The van der Waals surface area contributed by atoms with Crippen LogP contribution in [0.1, 0.15) is 42.0 Å². The fraction of sp³-hybridized carbons (Fsp3) is 0.571. The SMILES string of the molecule is Cc1ccc(O)c2c1C(C)CC2NCC(O)C(F)(F)F. The van der Waals surface area contributed by atoms with E-state index in [0.29, 0.717) is 12.0 Å². The van der Waals surface area contributed by atoms with Gasteiger partial charge in [-0.2, -0.15) is 13.2 Å². The van der Waals surface area contributed by atoms with Crippen LogP contribution in [-0.4, -0.2) is 29.0 Å². The maximum Gasteiger partial charge on any atom is 0.415 e. The van der Waals surface area contributed by atoms with Crippen LogP contribution in [0.15, 0.2) is 12.1 Å². The lowest BCUT2D eigenvalue weighted by atomic mass is 9.97. The van der Waals surface area contributed by atoms with Gasteiger partial charge in [0.1, 0.15) is 5.75 Å². The van der Waals surface area contributed by atoms with Crippen molar-refractivity contribution in [2.75, 3.05) is 6.54 Å². The van der Waals surface area contributed by atoms with Crippen LogP contribution >= 0.6 is 0 Å². The highest BCUT2D eigenvalue weighted by Crippen LogP contribution is 2.45. The van der Waals surface area contributed by atoms with Gasteiger partial charge in [-0.05, 0) is 36.5 Å². The molecule has 0 heterocycles. The second-order valence-electron chi connectivity index (χ2n) is 5.38. The number of phenolic OH excluding ortho intramolecular Hbond substituents is 1. The van der Waals surface area contributed by atoms with E-state index in [4.69, 9.17) is 5.11 Å². The van der Waals surface area contributed by atoms with Gasteiger partial charge in [-0.25, -0.2) is 0 Å². The first kappa shape index (κ1) is 15.1. The second kappa shape index (κ2) is 5.26. The molecule has 3 nitrogen and oxygen atoms in total. The van der Waals surface area contributed by atoms with Crippen LogP contribution in [0, 0.1) is 6.92 Å². The van der Waals surface area contributed by atoms with Crippen molar-refractivity contribution in [3.05, 3.63) is 28.8 Å². The molecule has 3 N–H and O–H groups in total. The van der Waals surface area contributed by atoms with Crippen molar-refractivity contribution in [2.24, 2.45) is 0 Å². The van der Waals surface area contributed by atoms with Gasteiger partial charge >= 0.3 is 6.18 Å². The van der Waals surface area contributed by atoms with Crippen LogP contribution in [0.3, 0.4) is 0 Å². The maximum atomic E-state index is 12.3. The number of benzene rings is 1. The summed E-state index contributed by atoms with van der Waals surface area (Å²) in [6.45, 7) is 3.32. The molecule has 0 saturated carbocycles. The van der Waals surface area contributed by atoms with Crippen molar-refractivity contribution in [1.82, 2.24) is 5.32 Å². The van der Waals surface area contributed by atoms with E-state index in [2.05, 4.69) is 5.32 Å². The molecule has 112 valence electrons. The smallest absolute Gasteiger partial charge is 0.415 e. The zero-order valence-electron chi connectivity index (χ0n) is 11.3. The number of phenols is 1. The summed E-state index contributed by atoms with van der Waals surface area (Å²) >= 11 is 0. The number of nitrogens with one attached hydrogen (secondary N) is 1. The molecular formula is C14H18F3NO2. The van der Waals surface area contributed by atoms with Crippen LogP contribution in [0.5, 0.6) is 5.75 Å². The Morgan fingerprint density at radius 1 is 1.35 bits per heavy atom. The number of fused-ring (bicyclic) bond motifs is 1. The minimum absolute atomic E-state index is 0.0916. The molecule has 0 aliphatic heterocycles. The summed E-state index contributed by atoms with van der Waals surface area (Å²) in [6.07, 6.45) is -6.42. The Labute approximate surface area is 115 Å². The number of rotatable bonds is 3. The van der Waals surface area contributed by atoms with Gasteiger partial charge in [0.05, 0.1) is 0 Å². The molecule has 0 aromatic heterocycles. The van der Waals surface area contributed by atoms with Crippen molar-refractivity contribution in [1.29, 1.82) is 0 Å². The predicted molar refractivity (Wildman–Crippen MR) is 68.7 cm³/mol. The number of halogens is 3. The van der Waals surface area contributed by atoms with Crippen LogP contribution < -0.4 is 5.32 Å². The third-order valence-corrected chi connectivity index (χ3v) is 3.85. The van der Waals surface area contributed by atoms with Crippen molar-refractivity contribution in [3.63, 3.8) is 0 Å². The number of hydrogen-bond acceptors (Lipinski definition) is 3. The highest BCUT2D eigenvalue weighted by molar-refractivity contribution is 5.50. The summed E-state index contributed by atoms with van der Waals surface area (Å²) in [5.74, 6) is 0.256. The highest BCUT2D eigenvalue weighted by Gasteiger charge is 2.39. The van der Waals surface area contributed by atoms with Gasteiger partial charge in [-0.1, -0.05) is 13.0 Å². The first-order valence-corrected chi connectivity index (χ1v) is 6.52. The van der Waals surface area contributed by atoms with Gasteiger partial charge in [-0.3, -0.25) is 0 Å². The summed E-state index contributed by atoms with van der Waals surface area (Å²) in [5, 5.41) is 21.7. The summed E-state index contributed by atoms with van der Waals surface area (Å²) in [7, 11) is 0. The highest BCUT2D eigenvalue weighted by atomic mass is 19.4. The standard InChI is InChI=1S/C14H18F3NO2/c1-7-3-4-10(19)13-9(5-8(2)12(7)13)18-6-11(20)14(15,16)17/h3-4,8-9,11,18-20H,5-6H2,1-2H3. The van der Waals surface area contributed by atoms with E-state index in [1.165, 1.54) is 0 Å². The summed E-state index contributed by atoms with van der Waals surface area (Å²) in [6, 6.07) is 3.00. The van der Waals surface area contributed by atoms with E-state index in [9.17, 15) is 18.3 Å². The third-order valence-electron chi connectivity index (χ3n) is 3.85. The Hall–Kier alpha value is -1.27. The molecule has 1 aromatic rings. The maximum absolute atomic E-state index is 12.3. The van der Waals surface area contributed by atoms with Crippen molar-refractivity contribution in [2.45, 2.75) is 44.5 Å². The molecule has 2 rings (SSSR count). The van der Waals surface area contributed by atoms with E-state index in [1.807, 2.05) is 13.8 Å². The Morgan fingerprint density at radius 3 is 2.60 bits per heavy atom. The number of hydrogen-bond donors (Lipinski definition) is 3. The first-order valence-electron chi connectivity index (χ1n) is 6.52. The number of aryl methyl sites for hydroxylation is 1. The summed E-state index contributed by atoms with van der Waals surface area (Å²) < 4.78 is 36.9. The van der Waals surface area contributed by atoms with E-state index in [1.54, 1.807) is 12.1 Å². The molecule has 1 aliphatic carbocycles. The number of alkyl halides is 3. The Bertz CT molecular complexity index is 502. The van der Waals surface area contributed by atoms with Crippen LogP contribution in [0.4, 0.5) is 13.2 Å². The van der Waals surface area contributed by atoms with Crippen LogP contribution in [-0.2, 0) is 0 Å². The molecule has 0 amide bonds. The summed E-state index contributed by atoms with van der Waals surface area (Å²) in [5.41, 5.74) is 2.67.